The van der Waals surface area contributed by atoms with Crippen LogP contribution in [-0.2, 0) is 7.05 Å². The van der Waals surface area contributed by atoms with Crippen LogP contribution in [0, 0.1) is 19.3 Å². The molecule has 1 aliphatic carbocycles. The summed E-state index contributed by atoms with van der Waals surface area (Å²) in [7, 11) is 3.97. The lowest BCUT2D eigenvalue weighted by Crippen LogP contribution is -2.37. The zero-order chi connectivity index (χ0) is 15.9. The van der Waals surface area contributed by atoms with Gasteiger partial charge in [0.1, 0.15) is 11.6 Å². The topological polar surface area (TPSA) is 67.1 Å². The summed E-state index contributed by atoms with van der Waals surface area (Å²) < 4.78 is 1.81. The molecule has 1 aliphatic rings. The highest BCUT2D eigenvalue weighted by atomic mass is 16.3. The van der Waals surface area contributed by atoms with E-state index >= 15 is 0 Å². The van der Waals surface area contributed by atoms with Crippen LogP contribution >= 0.6 is 0 Å². The van der Waals surface area contributed by atoms with Gasteiger partial charge in [0, 0.05) is 26.1 Å². The number of nitrogens with zero attached hydrogens (tertiary/aromatic N) is 5. The van der Waals surface area contributed by atoms with Gasteiger partial charge in [-0.2, -0.15) is 5.10 Å². The average molecular weight is 303 g/mol. The molecule has 0 spiro atoms. The maximum atomic E-state index is 9.86. The molecule has 0 atom stereocenters. The van der Waals surface area contributed by atoms with E-state index in [1.54, 1.807) is 0 Å². The van der Waals surface area contributed by atoms with Crippen LogP contribution in [0.3, 0.4) is 0 Å². The third-order valence-electron chi connectivity index (χ3n) is 4.88. The van der Waals surface area contributed by atoms with E-state index in [4.69, 9.17) is 0 Å². The fraction of sp³-hybridized carbons (Fsp3) is 0.688. The SMILES string of the molecule is Cc1nc(N(C)CC2(CO)CCCC2)c2c(C)nn(C)c2n1. The first-order valence-electron chi connectivity index (χ1n) is 7.96. The molecular weight excluding hydrogens is 278 g/mol. The van der Waals surface area contributed by atoms with Crippen molar-refractivity contribution in [3.05, 3.63) is 11.5 Å². The zero-order valence-electron chi connectivity index (χ0n) is 13.9. The van der Waals surface area contributed by atoms with Gasteiger partial charge in [0.25, 0.3) is 0 Å². The standard InChI is InChI=1S/C16H25N5O/c1-11-13-14(17-12(2)18-15(13)21(4)19-11)20(3)9-16(10-22)7-5-6-8-16/h22H,5-10H2,1-4H3. The maximum Gasteiger partial charge on any atom is 0.163 e. The van der Waals surface area contributed by atoms with Crippen molar-refractivity contribution in [2.24, 2.45) is 12.5 Å². The molecule has 0 bridgehead atoms. The van der Waals surface area contributed by atoms with Crippen LogP contribution in [0.4, 0.5) is 5.82 Å². The molecule has 3 rings (SSSR count). The maximum absolute atomic E-state index is 9.86. The Morgan fingerprint density at radius 3 is 2.55 bits per heavy atom. The third-order valence-corrected chi connectivity index (χ3v) is 4.88. The van der Waals surface area contributed by atoms with E-state index in [2.05, 4.69) is 27.0 Å². The second-order valence-electron chi connectivity index (χ2n) is 6.72. The van der Waals surface area contributed by atoms with Crippen molar-refractivity contribution in [1.82, 2.24) is 19.7 Å². The first kappa shape index (κ1) is 15.2. The minimum atomic E-state index is 0.00996. The molecule has 2 heterocycles. The second-order valence-corrected chi connectivity index (χ2v) is 6.72. The van der Waals surface area contributed by atoms with Crippen LogP contribution < -0.4 is 4.90 Å². The lowest BCUT2D eigenvalue weighted by Gasteiger charge is -2.32. The quantitative estimate of drug-likeness (QED) is 0.935. The summed E-state index contributed by atoms with van der Waals surface area (Å²) in [6, 6.07) is 0. The molecule has 22 heavy (non-hydrogen) atoms. The summed E-state index contributed by atoms with van der Waals surface area (Å²) in [5.74, 6) is 1.68. The number of hydrogen-bond donors (Lipinski definition) is 1. The molecule has 2 aromatic rings. The first-order valence-corrected chi connectivity index (χ1v) is 7.96. The summed E-state index contributed by atoms with van der Waals surface area (Å²) in [6.07, 6.45) is 4.59. The predicted molar refractivity (Wildman–Crippen MR) is 87.0 cm³/mol. The van der Waals surface area contributed by atoms with Gasteiger partial charge in [0.05, 0.1) is 17.7 Å². The van der Waals surface area contributed by atoms with Crippen molar-refractivity contribution in [3.8, 4) is 0 Å². The highest BCUT2D eigenvalue weighted by Gasteiger charge is 2.35. The Bertz CT molecular complexity index is 687. The smallest absolute Gasteiger partial charge is 0.163 e. The number of aliphatic hydroxyl groups excluding tert-OH is 1. The van der Waals surface area contributed by atoms with Crippen molar-refractivity contribution >= 4 is 16.9 Å². The van der Waals surface area contributed by atoms with Crippen LogP contribution in [0.25, 0.3) is 11.0 Å². The van der Waals surface area contributed by atoms with Crippen LogP contribution in [-0.4, -0.2) is 45.1 Å². The number of aromatic nitrogens is 4. The third kappa shape index (κ3) is 2.45. The molecule has 6 heteroatoms. The summed E-state index contributed by atoms with van der Waals surface area (Å²) >= 11 is 0. The van der Waals surface area contributed by atoms with Crippen molar-refractivity contribution in [1.29, 1.82) is 0 Å². The fourth-order valence-corrected chi connectivity index (χ4v) is 3.77. The summed E-state index contributed by atoms with van der Waals surface area (Å²) in [4.78, 5) is 11.4. The molecule has 0 amide bonds. The van der Waals surface area contributed by atoms with Crippen molar-refractivity contribution in [2.75, 3.05) is 25.1 Å². The van der Waals surface area contributed by atoms with E-state index in [9.17, 15) is 5.11 Å². The lowest BCUT2D eigenvalue weighted by atomic mass is 9.86. The Labute approximate surface area is 131 Å². The Hall–Kier alpha value is -1.69. The molecule has 0 radical (unpaired) electrons. The van der Waals surface area contributed by atoms with E-state index in [-0.39, 0.29) is 12.0 Å². The molecule has 0 aromatic carbocycles. The van der Waals surface area contributed by atoms with Crippen LogP contribution in [0.2, 0.25) is 0 Å². The first-order chi connectivity index (χ1) is 10.5. The highest BCUT2D eigenvalue weighted by Crippen LogP contribution is 2.39. The van der Waals surface area contributed by atoms with Gasteiger partial charge < -0.3 is 10.0 Å². The average Bonchev–Trinajstić information content (AvgIpc) is 3.05. The number of anilines is 1. The van der Waals surface area contributed by atoms with E-state index < -0.39 is 0 Å². The van der Waals surface area contributed by atoms with Crippen molar-refractivity contribution in [2.45, 2.75) is 39.5 Å². The Morgan fingerprint density at radius 2 is 1.91 bits per heavy atom. The molecule has 0 aliphatic heterocycles. The van der Waals surface area contributed by atoms with E-state index in [0.717, 1.165) is 47.8 Å². The van der Waals surface area contributed by atoms with Crippen molar-refractivity contribution in [3.63, 3.8) is 0 Å². The molecular formula is C16H25N5O. The molecule has 120 valence electrons. The van der Waals surface area contributed by atoms with Gasteiger partial charge in [-0.1, -0.05) is 12.8 Å². The minimum Gasteiger partial charge on any atom is -0.396 e. The molecule has 1 N–H and O–H groups in total. The van der Waals surface area contributed by atoms with Gasteiger partial charge in [-0.05, 0) is 26.7 Å². The number of rotatable bonds is 4. The molecule has 0 unspecified atom stereocenters. The van der Waals surface area contributed by atoms with Gasteiger partial charge in [0.15, 0.2) is 5.65 Å². The normalized spacial score (nSPS) is 17.3. The van der Waals surface area contributed by atoms with Crippen molar-refractivity contribution < 1.29 is 5.11 Å². The fourth-order valence-electron chi connectivity index (χ4n) is 3.77. The number of fused-ring (bicyclic) bond motifs is 1. The Kier molecular flexibility index (Phi) is 3.80. The summed E-state index contributed by atoms with van der Waals surface area (Å²) in [6.45, 7) is 4.98. The summed E-state index contributed by atoms with van der Waals surface area (Å²) in [5.41, 5.74) is 1.83. The number of aryl methyl sites for hydroxylation is 3. The largest absolute Gasteiger partial charge is 0.396 e. The Morgan fingerprint density at radius 1 is 1.23 bits per heavy atom. The number of hydrogen-bond acceptors (Lipinski definition) is 5. The second kappa shape index (κ2) is 5.50. The molecule has 6 nitrogen and oxygen atoms in total. The van der Waals surface area contributed by atoms with Gasteiger partial charge >= 0.3 is 0 Å². The number of aliphatic hydroxyl groups is 1. The monoisotopic (exact) mass is 303 g/mol. The molecule has 1 saturated carbocycles. The van der Waals surface area contributed by atoms with Gasteiger partial charge in [-0.25, -0.2) is 9.97 Å². The van der Waals surface area contributed by atoms with Gasteiger partial charge in [-0.3, -0.25) is 4.68 Å². The van der Waals surface area contributed by atoms with Gasteiger partial charge in [0.2, 0.25) is 0 Å². The van der Waals surface area contributed by atoms with E-state index in [0.29, 0.717) is 0 Å². The van der Waals surface area contributed by atoms with Crippen LogP contribution in [0.5, 0.6) is 0 Å². The molecule has 2 aromatic heterocycles. The van der Waals surface area contributed by atoms with Crippen LogP contribution in [0.1, 0.15) is 37.2 Å². The lowest BCUT2D eigenvalue weighted by molar-refractivity contribution is 0.137. The Balaban J connectivity index is 2.02. The minimum absolute atomic E-state index is 0.00996. The summed E-state index contributed by atoms with van der Waals surface area (Å²) in [5, 5.41) is 15.4. The van der Waals surface area contributed by atoms with Gasteiger partial charge in [-0.15, -0.1) is 0 Å². The molecule has 1 fully saturated rings. The zero-order valence-corrected chi connectivity index (χ0v) is 13.9. The highest BCUT2D eigenvalue weighted by molar-refractivity contribution is 5.89. The predicted octanol–water partition coefficient (Wildman–Crippen LogP) is 1.97. The van der Waals surface area contributed by atoms with E-state index in [1.165, 1.54) is 12.8 Å². The van der Waals surface area contributed by atoms with E-state index in [1.807, 2.05) is 25.6 Å². The van der Waals surface area contributed by atoms with Crippen LogP contribution in [0.15, 0.2) is 0 Å². The molecule has 0 saturated heterocycles.